The summed E-state index contributed by atoms with van der Waals surface area (Å²) in [5, 5.41) is 18.1. The highest BCUT2D eigenvalue weighted by Gasteiger charge is 2.28. The Morgan fingerprint density at radius 1 is 1.36 bits per heavy atom. The summed E-state index contributed by atoms with van der Waals surface area (Å²) in [5.41, 5.74) is -0.843. The molecule has 0 saturated heterocycles. The second kappa shape index (κ2) is 8.01. The van der Waals surface area contributed by atoms with Gasteiger partial charge in [-0.25, -0.2) is 23.7 Å². The van der Waals surface area contributed by atoms with Crippen LogP contribution in [0.4, 0.5) is 26.1 Å². The van der Waals surface area contributed by atoms with E-state index >= 15 is 0 Å². The SMILES string of the molecule is CC(C)(O)C(F)CNC(=O)c1cnc(Nc2ncncc2F)cc1NC1CC1. The molecule has 0 bridgehead atoms. The van der Waals surface area contributed by atoms with Crippen LogP contribution in [0.2, 0.25) is 0 Å². The Kier molecular flexibility index (Phi) is 5.68. The second-order valence-corrected chi connectivity index (χ2v) is 7.21. The number of halogens is 2. The number of anilines is 3. The minimum absolute atomic E-state index is 0.0393. The predicted molar refractivity (Wildman–Crippen MR) is 99.7 cm³/mol. The number of hydrogen-bond donors (Lipinski definition) is 4. The molecule has 2 heterocycles. The number of nitrogens with one attached hydrogen (secondary N) is 3. The molecule has 1 saturated carbocycles. The zero-order chi connectivity index (χ0) is 20.3. The van der Waals surface area contributed by atoms with Crippen molar-refractivity contribution < 1.29 is 18.7 Å². The Hall–Kier alpha value is -2.88. The highest BCUT2D eigenvalue weighted by atomic mass is 19.1. The van der Waals surface area contributed by atoms with Gasteiger partial charge in [-0.2, -0.15) is 0 Å². The first-order valence-corrected chi connectivity index (χ1v) is 8.88. The molecule has 1 aliphatic rings. The number of nitrogens with zero attached hydrogens (tertiary/aromatic N) is 3. The van der Waals surface area contributed by atoms with Gasteiger partial charge in [0.2, 0.25) is 0 Å². The summed E-state index contributed by atoms with van der Waals surface area (Å²) < 4.78 is 27.6. The first-order chi connectivity index (χ1) is 13.2. The Morgan fingerprint density at radius 3 is 2.75 bits per heavy atom. The van der Waals surface area contributed by atoms with Crippen molar-refractivity contribution in [2.24, 2.45) is 0 Å². The largest absolute Gasteiger partial charge is 0.387 e. The average molecular weight is 392 g/mol. The smallest absolute Gasteiger partial charge is 0.255 e. The highest BCUT2D eigenvalue weighted by Crippen LogP contribution is 2.29. The van der Waals surface area contributed by atoms with Crippen LogP contribution >= 0.6 is 0 Å². The number of carbonyl (C=O) groups is 1. The van der Waals surface area contributed by atoms with E-state index in [1.54, 1.807) is 6.07 Å². The van der Waals surface area contributed by atoms with Crippen molar-refractivity contribution in [1.29, 1.82) is 0 Å². The van der Waals surface area contributed by atoms with Crippen molar-refractivity contribution in [3.05, 3.63) is 36.2 Å². The van der Waals surface area contributed by atoms with E-state index in [1.807, 2.05) is 0 Å². The number of carbonyl (C=O) groups excluding carboxylic acids is 1. The van der Waals surface area contributed by atoms with Gasteiger partial charge in [0.15, 0.2) is 11.6 Å². The Morgan fingerprint density at radius 2 is 2.11 bits per heavy atom. The van der Waals surface area contributed by atoms with E-state index in [1.165, 1.54) is 26.4 Å². The number of rotatable bonds is 8. The van der Waals surface area contributed by atoms with Crippen molar-refractivity contribution in [2.75, 3.05) is 17.2 Å². The van der Waals surface area contributed by atoms with Gasteiger partial charge >= 0.3 is 0 Å². The summed E-state index contributed by atoms with van der Waals surface area (Å²) in [6.07, 6.45) is 3.86. The van der Waals surface area contributed by atoms with Gasteiger partial charge in [-0.15, -0.1) is 0 Å². The van der Waals surface area contributed by atoms with Crippen LogP contribution in [0.5, 0.6) is 0 Å². The molecule has 10 heteroatoms. The molecule has 3 rings (SSSR count). The zero-order valence-corrected chi connectivity index (χ0v) is 15.5. The first-order valence-electron chi connectivity index (χ1n) is 8.88. The number of aromatic nitrogens is 3. The van der Waals surface area contributed by atoms with Crippen molar-refractivity contribution in [2.45, 2.75) is 44.5 Å². The van der Waals surface area contributed by atoms with E-state index in [0.717, 1.165) is 19.0 Å². The molecule has 2 aromatic rings. The molecule has 4 N–H and O–H groups in total. The molecule has 0 aromatic carbocycles. The molecule has 28 heavy (non-hydrogen) atoms. The molecule has 1 amide bonds. The zero-order valence-electron chi connectivity index (χ0n) is 15.5. The minimum Gasteiger partial charge on any atom is -0.387 e. The van der Waals surface area contributed by atoms with Gasteiger partial charge in [0, 0.05) is 18.3 Å². The molecule has 2 aromatic heterocycles. The second-order valence-electron chi connectivity index (χ2n) is 7.21. The lowest BCUT2D eigenvalue weighted by molar-refractivity contribution is -0.00177. The maximum atomic E-state index is 13.9. The summed E-state index contributed by atoms with van der Waals surface area (Å²) in [4.78, 5) is 24.0. The van der Waals surface area contributed by atoms with Gasteiger partial charge in [0.25, 0.3) is 5.91 Å². The monoisotopic (exact) mass is 392 g/mol. The fourth-order valence-electron chi connectivity index (χ4n) is 2.32. The molecule has 150 valence electrons. The summed E-state index contributed by atoms with van der Waals surface area (Å²) >= 11 is 0. The third kappa shape index (κ3) is 5.10. The number of pyridine rings is 1. The number of aliphatic hydroxyl groups is 1. The van der Waals surface area contributed by atoms with Gasteiger partial charge in [-0.1, -0.05) is 0 Å². The number of alkyl halides is 1. The van der Waals surface area contributed by atoms with E-state index in [0.29, 0.717) is 5.69 Å². The summed E-state index contributed by atoms with van der Waals surface area (Å²) in [7, 11) is 0. The molecule has 0 aliphatic heterocycles. The lowest BCUT2D eigenvalue weighted by Gasteiger charge is -2.22. The lowest BCUT2D eigenvalue weighted by Crippen LogP contribution is -2.42. The Balaban J connectivity index is 1.77. The van der Waals surface area contributed by atoms with Crippen molar-refractivity contribution in [3.8, 4) is 0 Å². The molecular weight excluding hydrogens is 370 g/mol. The van der Waals surface area contributed by atoms with E-state index in [9.17, 15) is 18.7 Å². The van der Waals surface area contributed by atoms with Crippen LogP contribution in [-0.2, 0) is 0 Å². The van der Waals surface area contributed by atoms with E-state index < -0.39 is 23.5 Å². The normalized spacial score (nSPS) is 15.0. The van der Waals surface area contributed by atoms with Crippen LogP contribution in [0.15, 0.2) is 24.8 Å². The van der Waals surface area contributed by atoms with Gasteiger partial charge in [0.1, 0.15) is 18.3 Å². The van der Waals surface area contributed by atoms with Crippen LogP contribution in [0.25, 0.3) is 0 Å². The molecule has 1 unspecified atom stereocenters. The minimum atomic E-state index is -1.62. The standard InChI is InChI=1S/C18H22F2N6O2/c1-18(2,28)14(20)8-23-17(27)11-6-22-15(5-13(11)25-10-3-4-10)26-16-12(19)7-21-9-24-16/h5-7,9-10,14,28H,3-4,8H2,1-2H3,(H,23,27)(H2,21,22,24,25,26). The summed E-state index contributed by atoms with van der Waals surface area (Å²) in [6, 6.07) is 1.81. The molecule has 8 nitrogen and oxygen atoms in total. The first kappa shape index (κ1) is 19.9. The molecule has 0 spiro atoms. The molecule has 1 atom stereocenters. The summed E-state index contributed by atoms with van der Waals surface area (Å²) in [5.74, 6) is -0.912. The van der Waals surface area contributed by atoms with Crippen molar-refractivity contribution in [1.82, 2.24) is 20.3 Å². The predicted octanol–water partition coefficient (Wildman–Crippen LogP) is 2.17. The van der Waals surface area contributed by atoms with Crippen LogP contribution < -0.4 is 16.0 Å². The van der Waals surface area contributed by atoms with Crippen LogP contribution in [0.1, 0.15) is 37.0 Å². The van der Waals surface area contributed by atoms with Crippen molar-refractivity contribution >= 4 is 23.2 Å². The van der Waals surface area contributed by atoms with Gasteiger partial charge in [-0.05, 0) is 26.7 Å². The fraction of sp³-hybridized carbons (Fsp3) is 0.444. The molecule has 1 aliphatic carbocycles. The van der Waals surface area contributed by atoms with E-state index in [2.05, 4.69) is 30.9 Å². The Labute approximate surface area is 160 Å². The van der Waals surface area contributed by atoms with Gasteiger partial charge in [0.05, 0.1) is 29.6 Å². The average Bonchev–Trinajstić information content (AvgIpc) is 3.45. The van der Waals surface area contributed by atoms with E-state index in [-0.39, 0.29) is 29.8 Å². The maximum Gasteiger partial charge on any atom is 0.255 e. The molecular formula is C18H22F2N6O2. The van der Waals surface area contributed by atoms with Crippen LogP contribution in [0.3, 0.4) is 0 Å². The lowest BCUT2D eigenvalue weighted by atomic mass is 10.0. The van der Waals surface area contributed by atoms with Gasteiger partial charge < -0.3 is 21.1 Å². The third-order valence-electron chi connectivity index (χ3n) is 4.21. The fourth-order valence-corrected chi connectivity index (χ4v) is 2.32. The van der Waals surface area contributed by atoms with E-state index in [4.69, 9.17) is 0 Å². The highest BCUT2D eigenvalue weighted by molar-refractivity contribution is 6.00. The quantitative estimate of drug-likeness (QED) is 0.545. The topological polar surface area (TPSA) is 112 Å². The maximum absolute atomic E-state index is 13.9. The third-order valence-corrected chi connectivity index (χ3v) is 4.21. The van der Waals surface area contributed by atoms with Crippen LogP contribution in [0, 0.1) is 5.82 Å². The molecule has 0 radical (unpaired) electrons. The number of amides is 1. The van der Waals surface area contributed by atoms with Crippen LogP contribution in [-0.4, -0.2) is 50.3 Å². The number of hydrogen-bond acceptors (Lipinski definition) is 7. The summed E-state index contributed by atoms with van der Waals surface area (Å²) in [6.45, 7) is 2.33. The molecule has 1 fully saturated rings. The van der Waals surface area contributed by atoms with Gasteiger partial charge in [-0.3, -0.25) is 4.79 Å². The Bertz CT molecular complexity index is 854. The van der Waals surface area contributed by atoms with Crippen molar-refractivity contribution in [3.63, 3.8) is 0 Å².